The second kappa shape index (κ2) is 13.5. The van der Waals surface area contributed by atoms with Crippen LogP contribution in [0.4, 0.5) is 9.59 Å². The first-order chi connectivity index (χ1) is 18.5. The second-order valence-corrected chi connectivity index (χ2v) is 8.66. The van der Waals surface area contributed by atoms with Gasteiger partial charge in [-0.3, -0.25) is 19.2 Å². The molecule has 8 N–H and O–H groups in total. The minimum Gasteiger partial charge on any atom is -0.457 e. The Kier molecular flexibility index (Phi) is 10.7. The predicted molar refractivity (Wildman–Crippen MR) is 151 cm³/mol. The van der Waals surface area contributed by atoms with Crippen molar-refractivity contribution in [1.82, 2.24) is 10.6 Å². The Hall–Kier alpha value is -4.80. The van der Waals surface area contributed by atoms with Gasteiger partial charge in [-0.1, -0.05) is 121 Å². The first-order valence-electron chi connectivity index (χ1n) is 11.9. The zero-order valence-electron chi connectivity index (χ0n) is 21.5. The van der Waals surface area contributed by atoms with Crippen LogP contribution in [0.25, 0.3) is 10.6 Å². The van der Waals surface area contributed by atoms with E-state index in [9.17, 15) is 19.2 Å². The van der Waals surface area contributed by atoms with Gasteiger partial charge in [-0.25, -0.2) is 0 Å². The molecule has 6 rings (SSSR count). The number of imide groups is 2. The fourth-order valence-corrected chi connectivity index (χ4v) is 4.70. The summed E-state index contributed by atoms with van der Waals surface area (Å²) in [4.78, 5) is 47.5. The second-order valence-electron chi connectivity index (χ2n) is 8.66. The Morgan fingerprint density at radius 3 is 0.805 bits per heavy atom. The van der Waals surface area contributed by atoms with Crippen molar-refractivity contribution >= 4 is 23.9 Å². The number of amides is 6. The summed E-state index contributed by atoms with van der Waals surface area (Å²) in [7, 11) is 0. The van der Waals surface area contributed by atoms with E-state index in [0.717, 1.165) is 0 Å². The molecule has 2 fully saturated rings. The van der Waals surface area contributed by atoms with E-state index in [-0.39, 0.29) is 28.0 Å². The minimum absolute atomic E-state index is 0. The number of nitrogens with zero attached hydrogens (tertiary/aromatic N) is 2. The standard InChI is InChI=1S/2C15H12N2O2.Cu.2H2O/c2*18-13-15(17-14(19)16-13,11-7-3-1-4-8-11)12-9-5-2-6-10-12;;;/h2*1-10H,(H2,16,17,18,19);;2*1H2/q;;+2;;. The zero-order chi connectivity index (χ0) is 26.6. The molecule has 0 saturated carbocycles. The number of hydrogen-bond acceptors (Lipinski definition) is 4. The number of nitrogens with one attached hydrogen (secondary N) is 2. The summed E-state index contributed by atoms with van der Waals surface area (Å²) in [5.74, 6) is -0.954. The van der Waals surface area contributed by atoms with Crippen LogP contribution in [0.2, 0.25) is 0 Å². The molecule has 0 spiro atoms. The van der Waals surface area contributed by atoms with Crippen molar-refractivity contribution in [3.8, 4) is 0 Å². The van der Waals surface area contributed by atoms with Gasteiger partial charge in [-0.15, -0.1) is 0 Å². The molecule has 213 valence electrons. The summed E-state index contributed by atoms with van der Waals surface area (Å²) in [6.45, 7) is 0. The quantitative estimate of drug-likeness (QED) is 0.206. The van der Waals surface area contributed by atoms with Gasteiger partial charge in [-0.05, 0) is 22.3 Å². The number of rotatable bonds is 4. The zero-order valence-corrected chi connectivity index (χ0v) is 22.5. The average molecular weight is 604 g/mol. The van der Waals surface area contributed by atoms with Crippen LogP contribution < -0.4 is 10.6 Å². The molecule has 41 heavy (non-hydrogen) atoms. The van der Waals surface area contributed by atoms with E-state index in [1.54, 1.807) is 0 Å². The van der Waals surface area contributed by atoms with Crippen LogP contribution in [0.15, 0.2) is 121 Å². The molecule has 4 aromatic carbocycles. The summed E-state index contributed by atoms with van der Waals surface area (Å²) < 4.78 is 0. The first-order valence-corrected chi connectivity index (χ1v) is 11.9. The third-order valence-electron chi connectivity index (χ3n) is 6.46. The molecule has 2 aliphatic heterocycles. The van der Waals surface area contributed by atoms with Crippen molar-refractivity contribution < 1.29 is 47.2 Å². The van der Waals surface area contributed by atoms with Crippen LogP contribution >= 0.6 is 0 Å². The number of carbonyl (C=O) groups excluding carboxylic acids is 4. The van der Waals surface area contributed by atoms with Gasteiger partial charge in [0.05, 0.1) is 11.1 Å². The summed E-state index contributed by atoms with van der Waals surface area (Å²) >= 11 is 0. The molecule has 0 unspecified atom stereocenters. The summed E-state index contributed by atoms with van der Waals surface area (Å²) in [5.41, 5.74) is 0.447. The molecule has 0 atom stereocenters. The van der Waals surface area contributed by atoms with Crippen LogP contribution in [0.1, 0.15) is 22.3 Å². The Morgan fingerprint density at radius 2 is 0.634 bits per heavy atom. The molecule has 1 radical (unpaired) electrons. The van der Waals surface area contributed by atoms with Gasteiger partial charge in [0.15, 0.2) is 23.9 Å². The van der Waals surface area contributed by atoms with Crippen LogP contribution in [0.5, 0.6) is 0 Å². The SMILES string of the molecule is O=C1[N-]C(=O)C(c2ccccc2)(c2ccccc2)N1.O=C1[N-]C(=O)C(c2ccccc2)(c2ccccc2)N1.[Cu+2].[OH3+].[OH3+]. The smallest absolute Gasteiger partial charge is 0.457 e. The van der Waals surface area contributed by atoms with Crippen LogP contribution in [0.3, 0.4) is 0 Å². The third kappa shape index (κ3) is 5.88. The molecule has 6 amide bonds. The van der Waals surface area contributed by atoms with Gasteiger partial charge in [0.2, 0.25) is 0 Å². The van der Waals surface area contributed by atoms with E-state index in [0.29, 0.717) is 22.3 Å². The van der Waals surface area contributed by atoms with Crippen LogP contribution in [0, 0.1) is 0 Å². The maximum atomic E-state index is 12.3. The maximum Gasteiger partial charge on any atom is 2.00 e. The van der Waals surface area contributed by atoms with Gasteiger partial charge in [0.25, 0.3) is 0 Å². The summed E-state index contributed by atoms with van der Waals surface area (Å²) in [6.07, 6.45) is 0. The first kappa shape index (κ1) is 32.4. The molecule has 2 aliphatic rings. The van der Waals surface area contributed by atoms with Gasteiger partial charge < -0.3 is 32.2 Å². The number of benzene rings is 4. The minimum atomic E-state index is -1.19. The Balaban J connectivity index is 0.000000267. The van der Waals surface area contributed by atoms with Crippen LogP contribution in [-0.2, 0) is 48.7 Å². The van der Waals surface area contributed by atoms with Crippen LogP contribution in [-0.4, -0.2) is 23.9 Å². The summed E-state index contributed by atoms with van der Waals surface area (Å²) in [5, 5.41) is 12.4. The molecule has 4 aromatic rings. The van der Waals surface area contributed by atoms with Crippen molar-refractivity contribution in [1.29, 1.82) is 0 Å². The monoisotopic (exact) mass is 603 g/mol. The largest absolute Gasteiger partial charge is 2.00 e. The topological polar surface area (TPSA) is 187 Å². The van der Waals surface area contributed by atoms with E-state index < -0.39 is 35.0 Å². The number of hydrogen-bond donors (Lipinski definition) is 2. The van der Waals surface area contributed by atoms with Gasteiger partial charge >= 0.3 is 17.1 Å². The van der Waals surface area contributed by atoms with Gasteiger partial charge in [0, 0.05) is 0 Å². The third-order valence-corrected chi connectivity index (χ3v) is 6.46. The van der Waals surface area contributed by atoms with Crippen molar-refractivity contribution in [2.24, 2.45) is 0 Å². The molecular weight excluding hydrogens is 576 g/mol. The fraction of sp³-hybridized carbons (Fsp3) is 0.0667. The molecule has 11 heteroatoms. The molecule has 2 heterocycles. The van der Waals surface area contributed by atoms with E-state index >= 15 is 0 Å². The normalized spacial score (nSPS) is 15.6. The van der Waals surface area contributed by atoms with E-state index in [2.05, 4.69) is 21.3 Å². The molecule has 0 aromatic heterocycles. The van der Waals surface area contributed by atoms with E-state index in [1.807, 2.05) is 121 Å². The van der Waals surface area contributed by atoms with Crippen molar-refractivity contribution in [3.63, 3.8) is 0 Å². The van der Waals surface area contributed by atoms with Gasteiger partial charge in [-0.2, -0.15) is 0 Å². The predicted octanol–water partition coefficient (Wildman–Crippen LogP) is 3.26. The summed E-state index contributed by atoms with van der Waals surface area (Å²) in [6, 6.07) is 35.4. The van der Waals surface area contributed by atoms with Crippen molar-refractivity contribution in [3.05, 3.63) is 154 Å². The molecule has 0 aliphatic carbocycles. The molecule has 10 nitrogen and oxygen atoms in total. The van der Waals surface area contributed by atoms with Gasteiger partial charge in [0.1, 0.15) is 0 Å². The number of urea groups is 2. The maximum absolute atomic E-state index is 12.3. The molecule has 2 saturated heterocycles. The van der Waals surface area contributed by atoms with E-state index in [1.165, 1.54) is 0 Å². The van der Waals surface area contributed by atoms with Crippen molar-refractivity contribution in [2.45, 2.75) is 11.1 Å². The Morgan fingerprint density at radius 1 is 0.415 bits per heavy atom. The fourth-order valence-electron chi connectivity index (χ4n) is 4.70. The molecular formula is C30H28CuN4O6+2. The average Bonchev–Trinajstić information content (AvgIpc) is 3.45. The Bertz CT molecular complexity index is 1290. The van der Waals surface area contributed by atoms with E-state index in [4.69, 9.17) is 0 Å². The number of carbonyl (C=O) groups is 4. The Labute approximate surface area is 246 Å². The molecule has 0 bridgehead atoms. The van der Waals surface area contributed by atoms with Crippen molar-refractivity contribution in [2.75, 3.05) is 0 Å².